The van der Waals surface area contributed by atoms with E-state index in [4.69, 9.17) is 4.74 Å². The van der Waals surface area contributed by atoms with Crippen LogP contribution in [0.25, 0.3) is 0 Å². The van der Waals surface area contributed by atoms with E-state index < -0.39 is 23.7 Å². The molecular formula is C22H25F2N3O3. The van der Waals surface area contributed by atoms with Gasteiger partial charge in [0.15, 0.2) is 11.6 Å². The van der Waals surface area contributed by atoms with Gasteiger partial charge < -0.3 is 20.3 Å². The van der Waals surface area contributed by atoms with E-state index in [1.165, 1.54) is 12.0 Å². The summed E-state index contributed by atoms with van der Waals surface area (Å²) in [6, 6.07) is 8.21. The fourth-order valence-corrected chi connectivity index (χ4v) is 3.49. The number of nitrogens with one attached hydrogen (secondary N) is 2. The zero-order valence-corrected chi connectivity index (χ0v) is 17.2. The quantitative estimate of drug-likeness (QED) is 0.758. The molecule has 0 saturated carbocycles. The average Bonchev–Trinajstić information content (AvgIpc) is 2.87. The van der Waals surface area contributed by atoms with Gasteiger partial charge in [0.05, 0.1) is 19.7 Å². The van der Waals surface area contributed by atoms with E-state index in [-0.39, 0.29) is 24.1 Å². The van der Waals surface area contributed by atoms with Crippen LogP contribution in [0.2, 0.25) is 0 Å². The van der Waals surface area contributed by atoms with Crippen molar-refractivity contribution in [2.75, 3.05) is 19.1 Å². The minimum absolute atomic E-state index is 0.0236. The second-order valence-corrected chi connectivity index (χ2v) is 7.24. The SMILES string of the molecule is CNC(C)C(=O)N[C@H]1CCc2ccccc2N(Cc2cc(F)c(F)cc2OC)C1=O. The molecule has 30 heavy (non-hydrogen) atoms. The van der Waals surface area contributed by atoms with Crippen molar-refractivity contribution in [2.24, 2.45) is 0 Å². The number of nitrogens with zero attached hydrogens (tertiary/aromatic N) is 1. The Morgan fingerprint density at radius 1 is 1.27 bits per heavy atom. The van der Waals surface area contributed by atoms with Crippen molar-refractivity contribution in [3.8, 4) is 5.75 Å². The number of methoxy groups -OCH3 is 1. The van der Waals surface area contributed by atoms with Crippen molar-refractivity contribution in [3.05, 3.63) is 59.2 Å². The predicted octanol–water partition coefficient (Wildman–Crippen LogP) is 2.55. The lowest BCUT2D eigenvalue weighted by Gasteiger charge is -2.27. The molecule has 2 aromatic rings. The van der Waals surface area contributed by atoms with Crippen molar-refractivity contribution in [2.45, 2.75) is 38.4 Å². The minimum atomic E-state index is -1.02. The van der Waals surface area contributed by atoms with Gasteiger partial charge in [0.25, 0.3) is 0 Å². The summed E-state index contributed by atoms with van der Waals surface area (Å²) in [6.45, 7) is 1.68. The maximum atomic E-state index is 13.9. The molecule has 0 radical (unpaired) electrons. The smallest absolute Gasteiger partial charge is 0.249 e. The number of para-hydroxylation sites is 1. The van der Waals surface area contributed by atoms with Gasteiger partial charge in [-0.2, -0.15) is 0 Å². The van der Waals surface area contributed by atoms with Gasteiger partial charge >= 0.3 is 0 Å². The van der Waals surface area contributed by atoms with E-state index in [0.29, 0.717) is 24.1 Å². The predicted molar refractivity (Wildman–Crippen MR) is 109 cm³/mol. The van der Waals surface area contributed by atoms with Crippen LogP contribution in [0.5, 0.6) is 5.75 Å². The van der Waals surface area contributed by atoms with Crippen LogP contribution >= 0.6 is 0 Å². The summed E-state index contributed by atoms with van der Waals surface area (Å²) in [6.07, 6.45) is 1.02. The highest BCUT2D eigenvalue weighted by Crippen LogP contribution is 2.31. The van der Waals surface area contributed by atoms with Crippen molar-refractivity contribution in [3.63, 3.8) is 0 Å². The molecule has 0 aliphatic carbocycles. The van der Waals surface area contributed by atoms with Crippen molar-refractivity contribution < 1.29 is 23.1 Å². The number of anilines is 1. The normalized spacial score (nSPS) is 17.2. The monoisotopic (exact) mass is 417 g/mol. The summed E-state index contributed by atoms with van der Waals surface area (Å²) in [5.41, 5.74) is 1.94. The molecule has 0 saturated heterocycles. The molecule has 1 aliphatic heterocycles. The van der Waals surface area contributed by atoms with Crippen molar-refractivity contribution in [1.29, 1.82) is 0 Å². The number of carbonyl (C=O) groups excluding carboxylic acids is 2. The van der Waals surface area contributed by atoms with Crippen LogP contribution in [-0.4, -0.2) is 38.1 Å². The van der Waals surface area contributed by atoms with Crippen LogP contribution in [0.15, 0.2) is 36.4 Å². The summed E-state index contributed by atoms with van der Waals surface area (Å²) in [4.78, 5) is 27.3. The molecule has 3 rings (SSSR count). The number of likely N-dealkylation sites (N-methyl/N-ethyl adjacent to an activating group) is 1. The third-order valence-electron chi connectivity index (χ3n) is 5.34. The van der Waals surface area contributed by atoms with Gasteiger partial charge in [-0.05, 0) is 44.5 Å². The summed E-state index contributed by atoms with van der Waals surface area (Å²) in [5, 5.41) is 5.65. The van der Waals surface area contributed by atoms with Crippen LogP contribution in [0.4, 0.5) is 14.5 Å². The Morgan fingerprint density at radius 2 is 1.97 bits per heavy atom. The molecule has 0 bridgehead atoms. The molecule has 2 aromatic carbocycles. The van der Waals surface area contributed by atoms with E-state index >= 15 is 0 Å². The first kappa shape index (κ1) is 21.7. The Kier molecular flexibility index (Phi) is 6.66. The number of benzene rings is 2. The molecule has 1 aliphatic rings. The first-order chi connectivity index (χ1) is 14.3. The minimum Gasteiger partial charge on any atom is -0.496 e. The molecule has 0 aromatic heterocycles. The number of amides is 2. The molecule has 8 heteroatoms. The van der Waals surface area contributed by atoms with Gasteiger partial charge in [-0.15, -0.1) is 0 Å². The number of fused-ring (bicyclic) bond motifs is 1. The Hall–Kier alpha value is -3.00. The van der Waals surface area contributed by atoms with Crippen LogP contribution in [0.1, 0.15) is 24.5 Å². The molecule has 2 atom stereocenters. The summed E-state index contributed by atoms with van der Waals surface area (Å²) in [7, 11) is 3.02. The van der Waals surface area contributed by atoms with Gasteiger partial charge in [-0.1, -0.05) is 18.2 Å². The molecule has 2 amide bonds. The topological polar surface area (TPSA) is 70.7 Å². The molecule has 1 unspecified atom stereocenters. The second kappa shape index (κ2) is 9.21. The van der Waals surface area contributed by atoms with Gasteiger partial charge in [-0.3, -0.25) is 9.59 Å². The van der Waals surface area contributed by atoms with Crippen LogP contribution in [0, 0.1) is 11.6 Å². The van der Waals surface area contributed by atoms with Gasteiger partial charge in [0.1, 0.15) is 11.8 Å². The summed E-state index contributed by atoms with van der Waals surface area (Å²) in [5.74, 6) is -2.50. The van der Waals surface area contributed by atoms with Gasteiger partial charge in [0, 0.05) is 17.3 Å². The number of hydrogen-bond donors (Lipinski definition) is 2. The maximum absolute atomic E-state index is 13.9. The molecule has 1 heterocycles. The molecule has 0 fully saturated rings. The molecule has 160 valence electrons. The zero-order chi connectivity index (χ0) is 21.8. The fraction of sp³-hybridized carbons (Fsp3) is 0.364. The lowest BCUT2D eigenvalue weighted by atomic mass is 10.1. The molecule has 6 nitrogen and oxygen atoms in total. The standard InChI is InChI=1S/C22H25F2N3O3/c1-13(25-2)21(28)26-18-9-8-14-6-4-5-7-19(14)27(22(18)29)12-15-10-16(23)17(24)11-20(15)30-3/h4-7,10-11,13,18,25H,8-9,12H2,1-3H3,(H,26,28)/t13?,18-/m0/s1. The third kappa shape index (κ3) is 4.43. The van der Waals surface area contributed by atoms with Crippen LogP contribution in [-0.2, 0) is 22.6 Å². The highest BCUT2D eigenvalue weighted by Gasteiger charge is 2.32. The number of rotatable bonds is 6. The summed E-state index contributed by atoms with van der Waals surface area (Å²) >= 11 is 0. The number of carbonyl (C=O) groups is 2. The number of ether oxygens (including phenoxy) is 1. The Balaban J connectivity index is 1.98. The van der Waals surface area contributed by atoms with E-state index in [2.05, 4.69) is 10.6 Å². The molecule has 2 N–H and O–H groups in total. The van der Waals surface area contributed by atoms with Crippen LogP contribution in [0.3, 0.4) is 0 Å². The Labute approximate surface area is 174 Å². The van der Waals surface area contributed by atoms with E-state index in [1.807, 2.05) is 18.2 Å². The lowest BCUT2D eigenvalue weighted by Crippen LogP contribution is -2.52. The first-order valence-corrected chi connectivity index (χ1v) is 9.74. The van der Waals surface area contributed by atoms with E-state index in [0.717, 1.165) is 17.7 Å². The number of aryl methyl sites for hydroxylation is 1. The van der Waals surface area contributed by atoms with Gasteiger partial charge in [0.2, 0.25) is 11.8 Å². The fourth-order valence-electron chi connectivity index (χ4n) is 3.49. The Bertz CT molecular complexity index is 951. The van der Waals surface area contributed by atoms with E-state index in [1.54, 1.807) is 20.0 Å². The highest BCUT2D eigenvalue weighted by molar-refractivity contribution is 6.00. The highest BCUT2D eigenvalue weighted by atomic mass is 19.2. The maximum Gasteiger partial charge on any atom is 0.249 e. The largest absolute Gasteiger partial charge is 0.496 e. The molecule has 0 spiro atoms. The summed E-state index contributed by atoms with van der Waals surface area (Å²) < 4.78 is 32.7. The average molecular weight is 417 g/mol. The third-order valence-corrected chi connectivity index (χ3v) is 5.34. The van der Waals surface area contributed by atoms with E-state index in [9.17, 15) is 18.4 Å². The molecular weight excluding hydrogens is 392 g/mol. The van der Waals surface area contributed by atoms with Crippen molar-refractivity contribution >= 4 is 17.5 Å². The number of halogens is 2. The second-order valence-electron chi connectivity index (χ2n) is 7.24. The first-order valence-electron chi connectivity index (χ1n) is 9.74. The Morgan fingerprint density at radius 3 is 2.67 bits per heavy atom. The lowest BCUT2D eigenvalue weighted by molar-refractivity contribution is -0.128. The zero-order valence-electron chi connectivity index (χ0n) is 17.2. The van der Waals surface area contributed by atoms with Crippen LogP contribution < -0.4 is 20.3 Å². The van der Waals surface area contributed by atoms with Gasteiger partial charge in [-0.25, -0.2) is 8.78 Å². The number of hydrogen-bond acceptors (Lipinski definition) is 4. The van der Waals surface area contributed by atoms with Crippen molar-refractivity contribution in [1.82, 2.24) is 10.6 Å².